The molecule has 0 aromatic heterocycles. The fourth-order valence-corrected chi connectivity index (χ4v) is 2.08. The van der Waals surface area contributed by atoms with E-state index in [-0.39, 0.29) is 17.4 Å². The van der Waals surface area contributed by atoms with Crippen LogP contribution in [-0.4, -0.2) is 28.1 Å². The van der Waals surface area contributed by atoms with Crippen molar-refractivity contribution in [3.8, 4) is 5.75 Å². The summed E-state index contributed by atoms with van der Waals surface area (Å²) in [4.78, 5) is 22.8. The fraction of sp³-hybridized carbons (Fsp3) is 0.286. The van der Waals surface area contributed by atoms with Crippen molar-refractivity contribution in [2.24, 2.45) is 5.92 Å². The number of hydrogen-bond donors (Lipinski definition) is 3. The number of carboxylic acids is 1. The average molecular weight is 261 g/mol. The molecule has 3 N–H and O–H groups in total. The van der Waals surface area contributed by atoms with E-state index >= 15 is 0 Å². The van der Waals surface area contributed by atoms with Crippen LogP contribution in [0.5, 0.6) is 5.75 Å². The van der Waals surface area contributed by atoms with Crippen LogP contribution < -0.4 is 5.32 Å². The molecule has 1 aliphatic rings. The first kappa shape index (κ1) is 13.1. The largest absolute Gasteiger partial charge is 0.507 e. The van der Waals surface area contributed by atoms with Crippen LogP contribution in [0.25, 0.3) is 0 Å². The van der Waals surface area contributed by atoms with E-state index in [1.807, 2.05) is 0 Å². The van der Waals surface area contributed by atoms with Crippen molar-refractivity contribution in [1.29, 1.82) is 0 Å². The molecule has 0 spiro atoms. The van der Waals surface area contributed by atoms with Crippen molar-refractivity contribution in [2.45, 2.75) is 19.4 Å². The Labute approximate surface area is 110 Å². The topological polar surface area (TPSA) is 86.6 Å². The Hall–Kier alpha value is -2.30. The number of hydrogen-bond acceptors (Lipinski definition) is 3. The first-order valence-electron chi connectivity index (χ1n) is 5.99. The quantitative estimate of drug-likeness (QED) is 0.719. The van der Waals surface area contributed by atoms with Crippen LogP contribution in [0, 0.1) is 12.8 Å². The van der Waals surface area contributed by atoms with Crippen LogP contribution in [0.4, 0.5) is 0 Å². The molecule has 0 bridgehead atoms. The molecular weight excluding hydrogens is 246 g/mol. The highest BCUT2D eigenvalue weighted by atomic mass is 16.4. The molecule has 0 saturated carbocycles. The van der Waals surface area contributed by atoms with E-state index in [0.717, 1.165) is 0 Å². The number of carbonyl (C=O) groups is 2. The number of aliphatic carboxylic acids is 1. The first-order chi connectivity index (χ1) is 8.99. The van der Waals surface area contributed by atoms with Crippen molar-refractivity contribution in [3.05, 3.63) is 41.5 Å². The van der Waals surface area contributed by atoms with E-state index in [0.29, 0.717) is 12.0 Å². The van der Waals surface area contributed by atoms with Crippen LogP contribution in [-0.2, 0) is 4.79 Å². The number of carbonyl (C=O) groups excluding carboxylic acids is 1. The maximum atomic E-state index is 12.0. The molecule has 1 aromatic rings. The second-order valence-corrected chi connectivity index (χ2v) is 4.62. The summed E-state index contributed by atoms with van der Waals surface area (Å²) in [5.41, 5.74) is 0.824. The number of benzene rings is 1. The highest BCUT2D eigenvalue weighted by Gasteiger charge is 2.26. The SMILES string of the molecule is Cc1cccc(C(=O)NC2C=CC(C(=O)O)C2)c1O. The summed E-state index contributed by atoms with van der Waals surface area (Å²) in [7, 11) is 0. The molecule has 0 heterocycles. The van der Waals surface area contributed by atoms with E-state index in [4.69, 9.17) is 5.11 Å². The molecule has 19 heavy (non-hydrogen) atoms. The summed E-state index contributed by atoms with van der Waals surface area (Å²) in [6.45, 7) is 1.71. The van der Waals surface area contributed by atoms with Gasteiger partial charge in [-0.05, 0) is 25.0 Å². The second-order valence-electron chi connectivity index (χ2n) is 4.62. The van der Waals surface area contributed by atoms with E-state index in [1.165, 1.54) is 6.07 Å². The van der Waals surface area contributed by atoms with Gasteiger partial charge in [-0.2, -0.15) is 0 Å². The van der Waals surface area contributed by atoms with Gasteiger partial charge in [0, 0.05) is 6.04 Å². The van der Waals surface area contributed by atoms with Crippen molar-refractivity contribution < 1.29 is 19.8 Å². The Morgan fingerprint density at radius 1 is 1.32 bits per heavy atom. The third-order valence-corrected chi connectivity index (χ3v) is 3.20. The number of phenols is 1. The lowest BCUT2D eigenvalue weighted by Gasteiger charge is -2.13. The smallest absolute Gasteiger partial charge is 0.310 e. The lowest BCUT2D eigenvalue weighted by Crippen LogP contribution is -2.33. The summed E-state index contributed by atoms with van der Waals surface area (Å²) >= 11 is 0. The monoisotopic (exact) mass is 261 g/mol. The zero-order valence-electron chi connectivity index (χ0n) is 10.5. The number of aryl methyl sites for hydroxylation is 1. The minimum atomic E-state index is -0.897. The van der Waals surface area contributed by atoms with Crippen LogP contribution in [0.2, 0.25) is 0 Å². The summed E-state index contributed by atoms with van der Waals surface area (Å²) in [5.74, 6) is -1.90. The van der Waals surface area contributed by atoms with E-state index in [1.54, 1.807) is 31.2 Å². The Balaban J connectivity index is 2.05. The molecule has 0 fully saturated rings. The second kappa shape index (κ2) is 5.14. The van der Waals surface area contributed by atoms with Gasteiger partial charge in [-0.15, -0.1) is 0 Å². The van der Waals surface area contributed by atoms with Crippen LogP contribution in [0.3, 0.4) is 0 Å². The highest BCUT2D eigenvalue weighted by Crippen LogP contribution is 2.23. The molecule has 0 saturated heterocycles. The van der Waals surface area contributed by atoms with Crippen molar-refractivity contribution in [3.63, 3.8) is 0 Å². The maximum absolute atomic E-state index is 12.0. The number of phenolic OH excluding ortho intramolecular Hbond substituents is 1. The van der Waals surface area contributed by atoms with Crippen LogP contribution >= 0.6 is 0 Å². The van der Waals surface area contributed by atoms with Gasteiger partial charge < -0.3 is 15.5 Å². The number of carboxylic acid groups (broad SMARTS) is 1. The average Bonchev–Trinajstić information content (AvgIpc) is 2.81. The van der Waals surface area contributed by atoms with Crippen molar-refractivity contribution >= 4 is 11.9 Å². The molecular formula is C14H15NO4. The maximum Gasteiger partial charge on any atom is 0.310 e. The summed E-state index contributed by atoms with van der Waals surface area (Å²) in [5, 5.41) is 21.4. The molecule has 1 aromatic carbocycles. The fourth-order valence-electron chi connectivity index (χ4n) is 2.08. The van der Waals surface area contributed by atoms with E-state index in [2.05, 4.69) is 5.32 Å². The highest BCUT2D eigenvalue weighted by molar-refractivity contribution is 5.97. The third-order valence-electron chi connectivity index (χ3n) is 3.20. The van der Waals surface area contributed by atoms with Crippen LogP contribution in [0.15, 0.2) is 30.4 Å². The molecule has 2 atom stereocenters. The summed E-state index contributed by atoms with van der Waals surface area (Å²) in [6.07, 6.45) is 3.58. The van der Waals surface area contributed by atoms with Gasteiger partial charge in [0.05, 0.1) is 11.5 Å². The Kier molecular flexibility index (Phi) is 3.55. The number of para-hydroxylation sites is 1. The summed E-state index contributed by atoms with van der Waals surface area (Å²) in [6, 6.07) is 4.62. The Morgan fingerprint density at radius 2 is 2.05 bits per heavy atom. The minimum absolute atomic E-state index is 0.0447. The lowest BCUT2D eigenvalue weighted by molar-refractivity contribution is -0.140. The van der Waals surface area contributed by atoms with Gasteiger partial charge >= 0.3 is 5.97 Å². The molecule has 2 unspecified atom stereocenters. The number of aromatic hydroxyl groups is 1. The predicted octanol–water partition coefficient (Wildman–Crippen LogP) is 1.46. The Bertz CT molecular complexity index is 550. The zero-order valence-corrected chi connectivity index (χ0v) is 10.5. The van der Waals surface area contributed by atoms with Gasteiger partial charge in [0.2, 0.25) is 0 Å². The number of amides is 1. The van der Waals surface area contributed by atoms with Gasteiger partial charge in [0.1, 0.15) is 5.75 Å². The van der Waals surface area contributed by atoms with Gasteiger partial charge in [-0.25, -0.2) is 0 Å². The van der Waals surface area contributed by atoms with Gasteiger partial charge in [-0.3, -0.25) is 9.59 Å². The van der Waals surface area contributed by atoms with Gasteiger partial charge in [-0.1, -0.05) is 24.3 Å². The molecule has 100 valence electrons. The lowest BCUT2D eigenvalue weighted by atomic mass is 10.1. The summed E-state index contributed by atoms with van der Waals surface area (Å²) < 4.78 is 0. The van der Waals surface area contributed by atoms with Crippen molar-refractivity contribution in [1.82, 2.24) is 5.32 Å². The number of rotatable bonds is 3. The molecule has 2 rings (SSSR count). The normalized spacial score (nSPS) is 21.3. The molecule has 5 heteroatoms. The molecule has 1 aliphatic carbocycles. The first-order valence-corrected chi connectivity index (χ1v) is 5.99. The van der Waals surface area contributed by atoms with E-state index < -0.39 is 17.8 Å². The van der Waals surface area contributed by atoms with Crippen molar-refractivity contribution in [2.75, 3.05) is 0 Å². The number of nitrogens with one attached hydrogen (secondary N) is 1. The molecule has 0 aliphatic heterocycles. The third kappa shape index (κ3) is 2.76. The predicted molar refractivity (Wildman–Crippen MR) is 69.0 cm³/mol. The van der Waals surface area contributed by atoms with Gasteiger partial charge in [0.15, 0.2) is 0 Å². The van der Waals surface area contributed by atoms with Gasteiger partial charge in [0.25, 0.3) is 5.91 Å². The zero-order chi connectivity index (χ0) is 14.0. The molecule has 0 radical (unpaired) electrons. The minimum Gasteiger partial charge on any atom is -0.507 e. The molecule has 5 nitrogen and oxygen atoms in total. The van der Waals surface area contributed by atoms with E-state index in [9.17, 15) is 14.7 Å². The Morgan fingerprint density at radius 3 is 2.68 bits per heavy atom. The standard InChI is InChI=1S/C14H15NO4/c1-8-3-2-4-11(12(8)16)13(17)15-10-6-5-9(7-10)14(18)19/h2-6,9-10,16H,7H2,1H3,(H,15,17)(H,18,19). The van der Waals surface area contributed by atoms with Crippen LogP contribution in [0.1, 0.15) is 22.3 Å². The molecule has 1 amide bonds.